The molecule has 3 atom stereocenters. The maximum Gasteiger partial charge on any atom is 0.254 e. The fourth-order valence-corrected chi connectivity index (χ4v) is 7.04. The van der Waals surface area contributed by atoms with Crippen molar-refractivity contribution in [2.24, 2.45) is 23.5 Å². The Hall–Kier alpha value is -2.17. The van der Waals surface area contributed by atoms with Gasteiger partial charge in [0.2, 0.25) is 21.8 Å². The number of fused-ring (bicyclic) bond motifs is 1. The van der Waals surface area contributed by atoms with Gasteiger partial charge in [-0.1, -0.05) is 26.0 Å². The van der Waals surface area contributed by atoms with Gasteiger partial charge >= 0.3 is 0 Å². The number of nitrogens with two attached hydrogens (primary N) is 1. The number of primary amides is 1. The molecule has 194 valence electrons. The number of hydrogen-bond donors (Lipinski definition) is 1. The third-order valence-corrected chi connectivity index (χ3v) is 8.66. The number of carbonyl (C=O) groups is 3. The van der Waals surface area contributed by atoms with Crippen LogP contribution < -0.4 is 5.73 Å². The minimum atomic E-state index is -3.71. The van der Waals surface area contributed by atoms with Gasteiger partial charge in [0.25, 0.3) is 5.91 Å². The third-order valence-electron chi connectivity index (χ3n) is 7.50. The van der Waals surface area contributed by atoms with E-state index in [0.717, 1.165) is 42.1 Å². The van der Waals surface area contributed by atoms with Crippen LogP contribution in [0.1, 0.15) is 49.0 Å². The van der Waals surface area contributed by atoms with Crippen molar-refractivity contribution in [1.29, 1.82) is 0 Å². The molecule has 3 saturated heterocycles. The van der Waals surface area contributed by atoms with Crippen LogP contribution in [0.25, 0.3) is 0 Å². The van der Waals surface area contributed by atoms with Gasteiger partial charge in [-0.15, -0.1) is 12.4 Å². The zero-order chi connectivity index (χ0) is 24.8. The standard InChI is InChI=1S/C24H34N4O5S.ClH/c1-15(2)20-21-19(28(24(20)31)34(3,32)33)9-12-27(21)23(30)18-6-4-5-16(13-18)14-26-10-7-17(8-11-26)22(25)29;/h4-6,13,15,17,19-21H,7-12,14H2,1-3H3,(H2,25,29);1H/t19-,20+,21-;/m0./s1. The van der Waals surface area contributed by atoms with Crippen LogP contribution in [0.4, 0.5) is 0 Å². The van der Waals surface area contributed by atoms with E-state index < -0.39 is 33.9 Å². The summed E-state index contributed by atoms with van der Waals surface area (Å²) in [7, 11) is -3.71. The first-order chi connectivity index (χ1) is 16.0. The predicted octanol–water partition coefficient (Wildman–Crippen LogP) is 1.46. The number of rotatable bonds is 6. The van der Waals surface area contributed by atoms with Gasteiger partial charge in [0.05, 0.1) is 24.3 Å². The second-order valence-corrected chi connectivity index (χ2v) is 12.0. The van der Waals surface area contributed by atoms with E-state index in [2.05, 4.69) is 4.90 Å². The number of piperidine rings is 1. The summed E-state index contributed by atoms with van der Waals surface area (Å²) in [6.07, 6.45) is 3.00. The van der Waals surface area contributed by atoms with Crippen molar-refractivity contribution in [3.63, 3.8) is 0 Å². The molecule has 35 heavy (non-hydrogen) atoms. The molecule has 0 spiro atoms. The number of benzene rings is 1. The van der Waals surface area contributed by atoms with Gasteiger partial charge in [0.15, 0.2) is 0 Å². The highest BCUT2D eigenvalue weighted by molar-refractivity contribution is 7.88. The first-order valence-corrected chi connectivity index (χ1v) is 13.8. The van der Waals surface area contributed by atoms with Gasteiger partial charge in [0, 0.05) is 24.6 Å². The summed E-state index contributed by atoms with van der Waals surface area (Å²) in [5.74, 6) is -1.51. The Morgan fingerprint density at radius 3 is 2.34 bits per heavy atom. The van der Waals surface area contributed by atoms with Gasteiger partial charge in [-0.05, 0) is 56.0 Å². The van der Waals surface area contributed by atoms with Crippen molar-refractivity contribution in [3.05, 3.63) is 35.4 Å². The van der Waals surface area contributed by atoms with Crippen molar-refractivity contribution < 1.29 is 22.8 Å². The van der Waals surface area contributed by atoms with E-state index in [0.29, 0.717) is 25.1 Å². The molecule has 1 aromatic rings. The topological polar surface area (TPSA) is 121 Å². The molecule has 0 radical (unpaired) electrons. The Morgan fingerprint density at radius 1 is 1.11 bits per heavy atom. The third kappa shape index (κ3) is 5.34. The van der Waals surface area contributed by atoms with E-state index in [4.69, 9.17) is 5.73 Å². The van der Waals surface area contributed by atoms with Gasteiger partial charge in [0.1, 0.15) is 0 Å². The van der Waals surface area contributed by atoms with Crippen molar-refractivity contribution in [2.45, 2.75) is 51.7 Å². The van der Waals surface area contributed by atoms with E-state index in [9.17, 15) is 22.8 Å². The van der Waals surface area contributed by atoms with E-state index in [-0.39, 0.29) is 36.1 Å². The predicted molar refractivity (Wildman–Crippen MR) is 134 cm³/mol. The maximum absolute atomic E-state index is 13.6. The lowest BCUT2D eigenvalue weighted by Crippen LogP contribution is -2.44. The van der Waals surface area contributed by atoms with Crippen molar-refractivity contribution in [2.75, 3.05) is 25.9 Å². The molecule has 4 rings (SSSR count). The molecule has 0 saturated carbocycles. The molecule has 0 aromatic heterocycles. The molecule has 3 heterocycles. The van der Waals surface area contributed by atoms with E-state index >= 15 is 0 Å². The molecule has 1 aromatic carbocycles. The molecule has 0 bridgehead atoms. The number of halogens is 1. The average molecular weight is 527 g/mol. The van der Waals surface area contributed by atoms with Crippen LogP contribution >= 0.6 is 12.4 Å². The maximum atomic E-state index is 13.6. The largest absolute Gasteiger partial charge is 0.369 e. The fraction of sp³-hybridized carbons (Fsp3) is 0.625. The van der Waals surface area contributed by atoms with Crippen molar-refractivity contribution >= 4 is 40.2 Å². The highest BCUT2D eigenvalue weighted by Crippen LogP contribution is 2.41. The number of amides is 3. The second kappa shape index (κ2) is 10.4. The minimum Gasteiger partial charge on any atom is -0.369 e. The molecule has 0 unspecified atom stereocenters. The lowest BCUT2D eigenvalue weighted by Gasteiger charge is -2.31. The first kappa shape index (κ1) is 27.4. The summed E-state index contributed by atoms with van der Waals surface area (Å²) < 4.78 is 25.7. The van der Waals surface area contributed by atoms with Crippen molar-refractivity contribution in [1.82, 2.24) is 14.1 Å². The molecule has 3 aliphatic heterocycles. The monoisotopic (exact) mass is 526 g/mol. The Bertz CT molecular complexity index is 1090. The molecule has 9 nitrogen and oxygen atoms in total. The Balaban J connectivity index is 0.00000342. The summed E-state index contributed by atoms with van der Waals surface area (Å²) in [5, 5.41) is 0. The van der Waals surface area contributed by atoms with Crippen LogP contribution in [0.15, 0.2) is 24.3 Å². The number of sulfonamides is 1. The smallest absolute Gasteiger partial charge is 0.254 e. The Kier molecular flexibility index (Phi) is 8.18. The molecular weight excluding hydrogens is 492 g/mol. The van der Waals surface area contributed by atoms with E-state index in [1.807, 2.05) is 32.0 Å². The number of hydrogen-bond acceptors (Lipinski definition) is 6. The zero-order valence-electron chi connectivity index (χ0n) is 20.4. The minimum absolute atomic E-state index is 0. The summed E-state index contributed by atoms with van der Waals surface area (Å²) in [5.41, 5.74) is 6.97. The first-order valence-electron chi connectivity index (χ1n) is 11.9. The highest BCUT2D eigenvalue weighted by atomic mass is 35.5. The van der Waals surface area contributed by atoms with Crippen LogP contribution in [0, 0.1) is 17.8 Å². The van der Waals surface area contributed by atoms with Gasteiger partial charge < -0.3 is 10.6 Å². The fourth-order valence-electron chi connectivity index (χ4n) is 5.87. The summed E-state index contributed by atoms with van der Waals surface area (Å²) in [6.45, 7) is 6.44. The second-order valence-electron chi connectivity index (χ2n) is 10.2. The van der Waals surface area contributed by atoms with E-state index in [1.165, 1.54) is 0 Å². The number of nitrogens with zero attached hydrogens (tertiary/aromatic N) is 3. The number of likely N-dealkylation sites (tertiary alicyclic amines) is 2. The Labute approximate surface area is 213 Å². The molecular formula is C24H35ClN4O5S. The summed E-state index contributed by atoms with van der Waals surface area (Å²) in [6, 6.07) is 6.53. The molecule has 3 fully saturated rings. The van der Waals surface area contributed by atoms with Crippen molar-refractivity contribution in [3.8, 4) is 0 Å². The van der Waals surface area contributed by atoms with Crippen LogP contribution in [0.3, 0.4) is 0 Å². The molecule has 3 aliphatic rings. The SMILES string of the molecule is CC(C)[C@H]1C(=O)N(S(C)(=O)=O)[C@H]2CCN(C(=O)c3cccc(CN4CCC(C(N)=O)CC4)c3)[C@H]12.Cl. The normalized spacial score (nSPS) is 25.6. The Morgan fingerprint density at radius 2 is 1.77 bits per heavy atom. The molecule has 2 N–H and O–H groups in total. The average Bonchev–Trinajstić information content (AvgIpc) is 3.29. The van der Waals surface area contributed by atoms with Crippen LogP contribution in [0.2, 0.25) is 0 Å². The molecule has 3 amide bonds. The quantitative estimate of drug-likeness (QED) is 0.599. The number of carbonyl (C=O) groups excluding carboxylic acids is 3. The van der Waals surface area contributed by atoms with Crippen LogP contribution in [-0.4, -0.2) is 78.2 Å². The highest BCUT2D eigenvalue weighted by Gasteiger charge is 2.58. The summed E-state index contributed by atoms with van der Waals surface area (Å²) >= 11 is 0. The van der Waals surface area contributed by atoms with E-state index in [1.54, 1.807) is 11.0 Å². The molecule has 11 heteroatoms. The zero-order valence-corrected chi connectivity index (χ0v) is 22.1. The van der Waals surface area contributed by atoms with Crippen LogP contribution in [-0.2, 0) is 26.2 Å². The van der Waals surface area contributed by atoms with Gasteiger partial charge in [-0.25, -0.2) is 12.7 Å². The van der Waals surface area contributed by atoms with Gasteiger partial charge in [-0.3, -0.25) is 19.3 Å². The lowest BCUT2D eigenvalue weighted by molar-refractivity contribution is -0.129. The molecule has 0 aliphatic carbocycles. The van der Waals surface area contributed by atoms with Crippen LogP contribution in [0.5, 0.6) is 0 Å². The lowest BCUT2D eigenvalue weighted by atomic mass is 9.88. The van der Waals surface area contributed by atoms with Gasteiger partial charge in [-0.2, -0.15) is 0 Å². The summed E-state index contributed by atoms with van der Waals surface area (Å²) in [4.78, 5) is 42.0.